The van der Waals surface area contributed by atoms with E-state index in [2.05, 4.69) is 11.8 Å². The fraction of sp³-hybridized carbons (Fsp3) is 0.923. The van der Waals surface area contributed by atoms with Crippen molar-refractivity contribution in [3.63, 3.8) is 0 Å². The maximum Gasteiger partial charge on any atom is 0.226 e. The van der Waals surface area contributed by atoms with Crippen molar-refractivity contribution in [3.8, 4) is 0 Å². The maximum atomic E-state index is 12.4. The molecule has 3 unspecified atom stereocenters. The summed E-state index contributed by atoms with van der Waals surface area (Å²) in [5, 5.41) is 0. The lowest BCUT2D eigenvalue weighted by molar-refractivity contribution is -0.144. The van der Waals surface area contributed by atoms with E-state index in [0.29, 0.717) is 17.9 Å². The predicted octanol–water partition coefficient (Wildman–Crippen LogP) is 1.67. The zero-order valence-corrected chi connectivity index (χ0v) is 10.0. The summed E-state index contributed by atoms with van der Waals surface area (Å²) in [6.07, 6.45) is 4.74. The van der Waals surface area contributed by atoms with E-state index in [0.717, 1.165) is 50.9 Å². The summed E-state index contributed by atoms with van der Waals surface area (Å²) in [6.45, 7) is 4.42. The second kappa shape index (κ2) is 4.02. The van der Waals surface area contributed by atoms with E-state index in [1.54, 1.807) is 0 Å². The lowest BCUT2D eigenvalue weighted by Crippen LogP contribution is -2.50. The van der Waals surface area contributed by atoms with E-state index in [1.807, 2.05) is 0 Å². The molecule has 2 saturated carbocycles. The summed E-state index contributed by atoms with van der Waals surface area (Å²) in [6, 6.07) is 0.332. The minimum absolute atomic E-state index is 0.332. The molecule has 3 fully saturated rings. The van der Waals surface area contributed by atoms with Crippen LogP contribution < -0.4 is 0 Å². The van der Waals surface area contributed by atoms with E-state index in [-0.39, 0.29) is 0 Å². The summed E-state index contributed by atoms with van der Waals surface area (Å²) in [4.78, 5) is 14.5. The first-order chi connectivity index (χ1) is 7.79. The molecule has 3 rings (SSSR count). The average Bonchev–Trinajstić information content (AvgIpc) is 2.95. The third-order valence-electron chi connectivity index (χ3n) is 4.57. The Morgan fingerprint density at radius 3 is 2.75 bits per heavy atom. The van der Waals surface area contributed by atoms with Crippen LogP contribution in [-0.2, 0) is 9.53 Å². The first-order valence-electron chi connectivity index (χ1n) is 6.67. The van der Waals surface area contributed by atoms with Crippen LogP contribution in [-0.4, -0.2) is 36.6 Å². The molecule has 0 radical (unpaired) electrons. The molecule has 1 heterocycles. The molecule has 0 spiro atoms. The number of ether oxygens (including phenoxy) is 1. The Hall–Kier alpha value is -0.570. The molecule has 0 aromatic heterocycles. The van der Waals surface area contributed by atoms with Crippen molar-refractivity contribution >= 4 is 5.91 Å². The standard InChI is InChI=1S/C13H21NO2/c1-2-12-8-16-4-3-14(12)13(15)11-6-9-5-10(9)7-11/h9-12H,2-8H2,1H3. The SMILES string of the molecule is CCC1COCCN1C(=O)C1CC2CC2C1. The summed E-state index contributed by atoms with van der Waals surface area (Å²) < 4.78 is 5.45. The number of carbonyl (C=O) groups excluding carboxylic acids is 1. The van der Waals surface area contributed by atoms with Crippen molar-refractivity contribution in [2.75, 3.05) is 19.8 Å². The minimum atomic E-state index is 0.332. The molecule has 0 N–H and O–H groups in total. The van der Waals surface area contributed by atoms with Crippen LogP contribution in [0.4, 0.5) is 0 Å². The lowest BCUT2D eigenvalue weighted by atomic mass is 10.00. The molecule has 2 aliphatic carbocycles. The van der Waals surface area contributed by atoms with Gasteiger partial charge in [-0.1, -0.05) is 6.92 Å². The van der Waals surface area contributed by atoms with Gasteiger partial charge in [0, 0.05) is 12.5 Å². The van der Waals surface area contributed by atoms with Gasteiger partial charge in [-0.3, -0.25) is 4.79 Å². The molecule has 0 bridgehead atoms. The van der Waals surface area contributed by atoms with Gasteiger partial charge in [-0.05, 0) is 37.5 Å². The third kappa shape index (κ3) is 1.75. The first kappa shape index (κ1) is 10.6. The molecule has 90 valence electrons. The Bertz CT molecular complexity index is 282. The Kier molecular flexibility index (Phi) is 2.66. The third-order valence-corrected chi connectivity index (χ3v) is 4.57. The quantitative estimate of drug-likeness (QED) is 0.712. The van der Waals surface area contributed by atoms with Crippen LogP contribution in [0.15, 0.2) is 0 Å². The molecule has 1 saturated heterocycles. The van der Waals surface area contributed by atoms with E-state index >= 15 is 0 Å². The van der Waals surface area contributed by atoms with Crippen molar-refractivity contribution in [2.24, 2.45) is 17.8 Å². The Morgan fingerprint density at radius 2 is 2.06 bits per heavy atom. The highest BCUT2D eigenvalue weighted by molar-refractivity contribution is 5.80. The largest absolute Gasteiger partial charge is 0.377 e. The molecule has 3 aliphatic rings. The Balaban J connectivity index is 1.63. The zero-order chi connectivity index (χ0) is 11.1. The van der Waals surface area contributed by atoms with Crippen molar-refractivity contribution < 1.29 is 9.53 Å². The molecule has 3 nitrogen and oxygen atoms in total. The van der Waals surface area contributed by atoms with Gasteiger partial charge in [-0.15, -0.1) is 0 Å². The molecular formula is C13H21NO2. The van der Waals surface area contributed by atoms with E-state index in [9.17, 15) is 4.79 Å². The van der Waals surface area contributed by atoms with Crippen LogP contribution in [0.5, 0.6) is 0 Å². The highest BCUT2D eigenvalue weighted by atomic mass is 16.5. The predicted molar refractivity (Wildman–Crippen MR) is 60.9 cm³/mol. The van der Waals surface area contributed by atoms with Gasteiger partial charge in [-0.2, -0.15) is 0 Å². The van der Waals surface area contributed by atoms with Crippen LogP contribution in [0, 0.1) is 17.8 Å². The van der Waals surface area contributed by atoms with Crippen molar-refractivity contribution in [1.82, 2.24) is 4.90 Å². The van der Waals surface area contributed by atoms with E-state index < -0.39 is 0 Å². The number of hydrogen-bond acceptors (Lipinski definition) is 2. The Labute approximate surface area is 97.1 Å². The maximum absolute atomic E-state index is 12.4. The molecule has 3 heteroatoms. The van der Waals surface area contributed by atoms with Gasteiger partial charge in [0.2, 0.25) is 5.91 Å². The van der Waals surface area contributed by atoms with Gasteiger partial charge in [0.1, 0.15) is 0 Å². The number of hydrogen-bond donors (Lipinski definition) is 0. The summed E-state index contributed by atoms with van der Waals surface area (Å²) in [7, 11) is 0. The fourth-order valence-electron chi connectivity index (χ4n) is 3.43. The van der Waals surface area contributed by atoms with Gasteiger partial charge in [0.15, 0.2) is 0 Å². The molecule has 3 atom stereocenters. The zero-order valence-electron chi connectivity index (χ0n) is 10.0. The van der Waals surface area contributed by atoms with Crippen molar-refractivity contribution in [2.45, 2.75) is 38.6 Å². The van der Waals surface area contributed by atoms with Crippen LogP contribution >= 0.6 is 0 Å². The summed E-state index contributed by atoms with van der Waals surface area (Å²) in [5.74, 6) is 2.56. The van der Waals surface area contributed by atoms with Gasteiger partial charge in [0.05, 0.1) is 19.3 Å². The van der Waals surface area contributed by atoms with Crippen LogP contribution in [0.1, 0.15) is 32.6 Å². The normalized spacial score (nSPS) is 41.9. The number of carbonyl (C=O) groups is 1. The topological polar surface area (TPSA) is 29.5 Å². The van der Waals surface area contributed by atoms with Crippen LogP contribution in [0.3, 0.4) is 0 Å². The first-order valence-corrected chi connectivity index (χ1v) is 6.67. The smallest absolute Gasteiger partial charge is 0.226 e. The van der Waals surface area contributed by atoms with Gasteiger partial charge in [-0.25, -0.2) is 0 Å². The molecule has 0 aromatic carbocycles. The molecule has 0 aromatic rings. The van der Waals surface area contributed by atoms with Crippen LogP contribution in [0.2, 0.25) is 0 Å². The fourth-order valence-corrected chi connectivity index (χ4v) is 3.43. The number of nitrogens with zero attached hydrogens (tertiary/aromatic N) is 1. The van der Waals surface area contributed by atoms with Crippen molar-refractivity contribution in [3.05, 3.63) is 0 Å². The molecule has 1 aliphatic heterocycles. The molecule has 16 heavy (non-hydrogen) atoms. The summed E-state index contributed by atoms with van der Waals surface area (Å²) in [5.41, 5.74) is 0. The number of morpholine rings is 1. The van der Waals surface area contributed by atoms with E-state index in [4.69, 9.17) is 4.74 Å². The van der Waals surface area contributed by atoms with Crippen LogP contribution in [0.25, 0.3) is 0 Å². The molecular weight excluding hydrogens is 202 g/mol. The van der Waals surface area contributed by atoms with Crippen molar-refractivity contribution in [1.29, 1.82) is 0 Å². The van der Waals surface area contributed by atoms with Gasteiger partial charge >= 0.3 is 0 Å². The number of rotatable bonds is 2. The second-order valence-corrected chi connectivity index (χ2v) is 5.59. The molecule has 1 amide bonds. The number of fused-ring (bicyclic) bond motifs is 1. The average molecular weight is 223 g/mol. The highest BCUT2D eigenvalue weighted by Crippen LogP contribution is 2.54. The number of amides is 1. The Morgan fingerprint density at radius 1 is 1.31 bits per heavy atom. The monoisotopic (exact) mass is 223 g/mol. The van der Waals surface area contributed by atoms with E-state index in [1.165, 1.54) is 6.42 Å². The highest BCUT2D eigenvalue weighted by Gasteiger charge is 2.49. The minimum Gasteiger partial charge on any atom is -0.377 e. The van der Waals surface area contributed by atoms with Gasteiger partial charge < -0.3 is 9.64 Å². The summed E-state index contributed by atoms with van der Waals surface area (Å²) >= 11 is 0. The second-order valence-electron chi connectivity index (χ2n) is 5.59. The van der Waals surface area contributed by atoms with Gasteiger partial charge in [0.25, 0.3) is 0 Å². The lowest BCUT2D eigenvalue weighted by Gasteiger charge is -2.37.